The summed E-state index contributed by atoms with van der Waals surface area (Å²) in [7, 11) is -2.84. The van der Waals surface area contributed by atoms with Gasteiger partial charge >= 0.3 is 0 Å². The Morgan fingerprint density at radius 3 is 1.89 bits per heavy atom. The van der Waals surface area contributed by atoms with E-state index in [-0.39, 0.29) is 5.75 Å². The first-order valence-electron chi connectivity index (χ1n) is 6.81. The van der Waals surface area contributed by atoms with Crippen LogP contribution in [0.1, 0.15) is 27.7 Å². The number of rotatable bonds is 10. The molecule has 0 unspecified atom stereocenters. The molecule has 0 aromatic rings. The van der Waals surface area contributed by atoms with Crippen molar-refractivity contribution in [2.75, 3.05) is 44.7 Å². The number of sulfone groups is 1. The van der Waals surface area contributed by atoms with Crippen molar-refractivity contribution in [1.29, 1.82) is 0 Å². The van der Waals surface area contributed by atoms with Crippen molar-refractivity contribution >= 4 is 9.84 Å². The summed E-state index contributed by atoms with van der Waals surface area (Å²) in [5.41, 5.74) is 0. The summed E-state index contributed by atoms with van der Waals surface area (Å²) >= 11 is 0. The quantitative estimate of drug-likeness (QED) is 0.611. The summed E-state index contributed by atoms with van der Waals surface area (Å²) in [4.78, 5) is 2.45. The van der Waals surface area contributed by atoms with Gasteiger partial charge in [0.05, 0.1) is 5.75 Å². The second-order valence-corrected chi connectivity index (χ2v) is 8.19. The largest absolute Gasteiger partial charge is 0.314 e. The van der Waals surface area contributed by atoms with Gasteiger partial charge in [-0.1, -0.05) is 27.7 Å². The molecule has 0 bridgehead atoms. The summed E-state index contributed by atoms with van der Waals surface area (Å²) in [5, 5.41) is 3.20. The number of hydrogen-bond acceptors (Lipinski definition) is 4. The van der Waals surface area contributed by atoms with Crippen LogP contribution in [0.25, 0.3) is 0 Å². The molecular formula is C13H30N2O2S. The molecule has 0 amide bonds. The summed E-state index contributed by atoms with van der Waals surface area (Å²) in [5.74, 6) is 1.56. The average molecular weight is 278 g/mol. The van der Waals surface area contributed by atoms with Crippen LogP contribution in [-0.4, -0.2) is 58.1 Å². The van der Waals surface area contributed by atoms with E-state index in [1.54, 1.807) is 0 Å². The van der Waals surface area contributed by atoms with E-state index in [2.05, 4.69) is 37.9 Å². The predicted octanol–water partition coefficient (Wildman–Crippen LogP) is 1.23. The van der Waals surface area contributed by atoms with E-state index >= 15 is 0 Å². The highest BCUT2D eigenvalue weighted by Gasteiger charge is 2.09. The molecule has 0 aromatic heterocycles. The van der Waals surface area contributed by atoms with Crippen LogP contribution in [0.3, 0.4) is 0 Å². The molecule has 0 atom stereocenters. The van der Waals surface area contributed by atoms with Crippen LogP contribution in [0, 0.1) is 11.8 Å². The highest BCUT2D eigenvalue weighted by atomic mass is 32.2. The van der Waals surface area contributed by atoms with Crippen molar-refractivity contribution in [3.8, 4) is 0 Å². The Hall–Kier alpha value is -0.130. The highest BCUT2D eigenvalue weighted by molar-refractivity contribution is 7.90. The van der Waals surface area contributed by atoms with E-state index in [1.165, 1.54) is 6.26 Å². The van der Waals surface area contributed by atoms with Gasteiger partial charge in [-0.25, -0.2) is 8.42 Å². The van der Waals surface area contributed by atoms with Crippen molar-refractivity contribution in [2.45, 2.75) is 27.7 Å². The molecule has 18 heavy (non-hydrogen) atoms. The maximum Gasteiger partial charge on any atom is 0.148 e. The minimum atomic E-state index is -2.84. The normalized spacial score (nSPS) is 12.9. The average Bonchev–Trinajstić information content (AvgIpc) is 2.12. The molecule has 110 valence electrons. The lowest BCUT2D eigenvalue weighted by Crippen LogP contribution is -2.37. The zero-order valence-electron chi connectivity index (χ0n) is 12.6. The third-order valence-corrected chi connectivity index (χ3v) is 3.45. The zero-order chi connectivity index (χ0) is 14.2. The van der Waals surface area contributed by atoms with E-state index in [9.17, 15) is 8.42 Å². The molecule has 4 nitrogen and oxygen atoms in total. The molecule has 0 spiro atoms. The molecule has 0 fully saturated rings. The van der Waals surface area contributed by atoms with Gasteiger partial charge in [0, 0.05) is 39.0 Å². The molecule has 0 rings (SSSR count). The lowest BCUT2D eigenvalue weighted by Gasteiger charge is -2.26. The Labute approximate surface area is 113 Å². The van der Waals surface area contributed by atoms with Gasteiger partial charge in [0.25, 0.3) is 0 Å². The minimum absolute atomic E-state index is 0.224. The third-order valence-electron chi connectivity index (χ3n) is 2.50. The Morgan fingerprint density at radius 1 is 1.00 bits per heavy atom. The molecule has 0 aliphatic carbocycles. The molecule has 0 heterocycles. The fourth-order valence-electron chi connectivity index (χ4n) is 1.91. The van der Waals surface area contributed by atoms with Crippen LogP contribution >= 0.6 is 0 Å². The van der Waals surface area contributed by atoms with Gasteiger partial charge in [-0.3, -0.25) is 0 Å². The number of hydrogen-bond donors (Lipinski definition) is 1. The highest BCUT2D eigenvalue weighted by Crippen LogP contribution is 2.02. The van der Waals surface area contributed by atoms with Gasteiger partial charge in [0.15, 0.2) is 0 Å². The van der Waals surface area contributed by atoms with E-state index in [0.717, 1.165) is 26.2 Å². The van der Waals surface area contributed by atoms with Crippen LogP contribution in [-0.2, 0) is 9.84 Å². The predicted molar refractivity (Wildman–Crippen MR) is 78.7 cm³/mol. The second-order valence-electron chi connectivity index (χ2n) is 5.93. The van der Waals surface area contributed by atoms with Crippen LogP contribution in [0.15, 0.2) is 0 Å². The smallest absolute Gasteiger partial charge is 0.148 e. The van der Waals surface area contributed by atoms with Crippen LogP contribution in [0.2, 0.25) is 0 Å². The van der Waals surface area contributed by atoms with E-state index < -0.39 is 9.84 Å². The molecular weight excluding hydrogens is 248 g/mol. The van der Waals surface area contributed by atoms with Crippen LogP contribution in [0.4, 0.5) is 0 Å². The van der Waals surface area contributed by atoms with Crippen LogP contribution in [0.5, 0.6) is 0 Å². The van der Waals surface area contributed by atoms with Gasteiger partial charge in [-0.15, -0.1) is 0 Å². The summed E-state index contributed by atoms with van der Waals surface area (Å²) in [6.07, 6.45) is 1.28. The van der Waals surface area contributed by atoms with Gasteiger partial charge in [-0.05, 0) is 11.8 Å². The summed E-state index contributed by atoms with van der Waals surface area (Å²) in [6, 6.07) is 0. The Balaban J connectivity index is 3.82. The van der Waals surface area contributed by atoms with E-state index in [0.29, 0.717) is 18.4 Å². The topological polar surface area (TPSA) is 49.4 Å². The molecule has 0 saturated carbocycles. The molecule has 0 aliphatic rings. The maximum absolute atomic E-state index is 11.0. The first-order valence-corrected chi connectivity index (χ1v) is 8.87. The fourth-order valence-corrected chi connectivity index (χ4v) is 2.42. The molecule has 0 aromatic carbocycles. The third kappa shape index (κ3) is 12.3. The fraction of sp³-hybridized carbons (Fsp3) is 1.00. The van der Waals surface area contributed by atoms with Crippen LogP contribution < -0.4 is 5.32 Å². The van der Waals surface area contributed by atoms with Crippen molar-refractivity contribution < 1.29 is 8.42 Å². The van der Waals surface area contributed by atoms with Gasteiger partial charge < -0.3 is 10.2 Å². The molecule has 5 heteroatoms. The Morgan fingerprint density at radius 2 is 1.50 bits per heavy atom. The van der Waals surface area contributed by atoms with Crippen molar-refractivity contribution in [3.05, 3.63) is 0 Å². The SMILES string of the molecule is CC(C)CN(CCNCCS(C)(=O)=O)CC(C)C. The Kier molecular flexibility index (Phi) is 8.82. The zero-order valence-corrected chi connectivity index (χ0v) is 13.4. The lowest BCUT2D eigenvalue weighted by molar-refractivity contribution is 0.220. The molecule has 0 aliphatic heterocycles. The summed E-state index contributed by atoms with van der Waals surface area (Å²) < 4.78 is 21.9. The minimum Gasteiger partial charge on any atom is -0.314 e. The summed E-state index contributed by atoms with van der Waals surface area (Å²) in [6.45, 7) is 13.5. The van der Waals surface area contributed by atoms with Gasteiger partial charge in [-0.2, -0.15) is 0 Å². The van der Waals surface area contributed by atoms with Crippen molar-refractivity contribution in [1.82, 2.24) is 10.2 Å². The first kappa shape index (κ1) is 17.9. The molecule has 1 N–H and O–H groups in total. The van der Waals surface area contributed by atoms with E-state index in [4.69, 9.17) is 0 Å². The maximum atomic E-state index is 11.0. The van der Waals surface area contributed by atoms with Gasteiger partial charge in [0.1, 0.15) is 9.84 Å². The monoisotopic (exact) mass is 278 g/mol. The first-order chi connectivity index (χ1) is 8.20. The van der Waals surface area contributed by atoms with E-state index in [1.807, 2.05) is 0 Å². The van der Waals surface area contributed by atoms with Crippen molar-refractivity contribution in [3.63, 3.8) is 0 Å². The Bertz CT molecular complexity index is 290. The van der Waals surface area contributed by atoms with Crippen molar-refractivity contribution in [2.24, 2.45) is 11.8 Å². The second kappa shape index (κ2) is 8.88. The molecule has 0 radical (unpaired) electrons. The standard InChI is InChI=1S/C13H30N2O2S/c1-12(2)10-15(11-13(3)4)8-6-14-7-9-18(5,16)17/h12-14H,6-11H2,1-5H3. The number of nitrogens with zero attached hydrogens (tertiary/aromatic N) is 1. The lowest BCUT2D eigenvalue weighted by atomic mass is 10.1. The van der Waals surface area contributed by atoms with Gasteiger partial charge in [0.2, 0.25) is 0 Å². The number of nitrogens with one attached hydrogen (secondary N) is 1. The molecule has 0 saturated heterocycles.